The Morgan fingerprint density at radius 2 is 1.73 bits per heavy atom. The monoisotopic (exact) mass is 540 g/mol. The van der Waals surface area contributed by atoms with Crippen LogP contribution in [0.25, 0.3) is 16.6 Å². The van der Waals surface area contributed by atoms with E-state index in [1.807, 2.05) is 64.1 Å². The number of rotatable bonds is 9. The third-order valence-corrected chi connectivity index (χ3v) is 6.83. The number of aryl methyl sites for hydroxylation is 2. The number of esters is 1. The molecule has 1 heterocycles. The Kier molecular flexibility index (Phi) is 8.99. The molecule has 0 radical (unpaired) electrons. The SMILES string of the molecule is CCCN(C(=O)Nc1ccc(C(=O)OCC)cc1)C(CC)c1nc2ccccc2c(=O)n1-c1ccc(C)cc1C. The Balaban J connectivity index is 1.78. The molecule has 40 heavy (non-hydrogen) atoms. The van der Waals surface area contributed by atoms with Crippen LogP contribution >= 0.6 is 0 Å². The summed E-state index contributed by atoms with van der Waals surface area (Å²) in [6.45, 7) is 10.5. The van der Waals surface area contributed by atoms with Gasteiger partial charge in [0.2, 0.25) is 0 Å². The van der Waals surface area contributed by atoms with Crippen molar-refractivity contribution in [2.75, 3.05) is 18.5 Å². The Morgan fingerprint density at radius 3 is 2.38 bits per heavy atom. The first-order valence-electron chi connectivity index (χ1n) is 13.7. The van der Waals surface area contributed by atoms with Crippen molar-refractivity contribution >= 4 is 28.6 Å². The molecule has 0 aliphatic carbocycles. The first-order valence-corrected chi connectivity index (χ1v) is 13.7. The number of nitrogens with zero attached hydrogens (tertiary/aromatic N) is 3. The second-order valence-corrected chi connectivity index (χ2v) is 9.76. The smallest absolute Gasteiger partial charge is 0.338 e. The molecule has 4 rings (SSSR count). The predicted molar refractivity (Wildman–Crippen MR) is 158 cm³/mol. The zero-order valence-electron chi connectivity index (χ0n) is 23.7. The highest BCUT2D eigenvalue weighted by Crippen LogP contribution is 2.28. The van der Waals surface area contributed by atoms with Crippen molar-refractivity contribution in [1.82, 2.24) is 14.5 Å². The lowest BCUT2D eigenvalue weighted by atomic mass is 10.1. The minimum Gasteiger partial charge on any atom is -0.462 e. The van der Waals surface area contributed by atoms with E-state index >= 15 is 0 Å². The maximum atomic E-state index is 13.9. The van der Waals surface area contributed by atoms with Crippen LogP contribution < -0.4 is 10.9 Å². The topological polar surface area (TPSA) is 93.5 Å². The maximum absolute atomic E-state index is 13.9. The van der Waals surface area contributed by atoms with E-state index in [4.69, 9.17) is 9.72 Å². The van der Waals surface area contributed by atoms with Crippen LogP contribution in [0.15, 0.2) is 71.5 Å². The van der Waals surface area contributed by atoms with Crippen LogP contribution in [0.5, 0.6) is 0 Å². The van der Waals surface area contributed by atoms with Gasteiger partial charge in [-0.2, -0.15) is 0 Å². The molecule has 4 aromatic rings. The fourth-order valence-corrected chi connectivity index (χ4v) is 4.94. The second-order valence-electron chi connectivity index (χ2n) is 9.76. The summed E-state index contributed by atoms with van der Waals surface area (Å²) in [6, 6.07) is 19.1. The van der Waals surface area contributed by atoms with Gasteiger partial charge in [-0.1, -0.05) is 43.7 Å². The first-order chi connectivity index (χ1) is 19.3. The van der Waals surface area contributed by atoms with Gasteiger partial charge in [-0.05, 0) is 81.6 Å². The first kappa shape index (κ1) is 28.5. The van der Waals surface area contributed by atoms with E-state index in [-0.39, 0.29) is 18.2 Å². The zero-order chi connectivity index (χ0) is 28.8. The number of benzene rings is 3. The summed E-state index contributed by atoms with van der Waals surface area (Å²) in [7, 11) is 0. The molecule has 8 nitrogen and oxygen atoms in total. The number of aromatic nitrogens is 2. The molecule has 1 unspecified atom stereocenters. The van der Waals surface area contributed by atoms with Crippen molar-refractivity contribution < 1.29 is 14.3 Å². The molecule has 2 amide bonds. The molecule has 0 bridgehead atoms. The van der Waals surface area contributed by atoms with E-state index < -0.39 is 12.0 Å². The van der Waals surface area contributed by atoms with E-state index in [9.17, 15) is 14.4 Å². The number of ether oxygens (including phenoxy) is 1. The number of carbonyl (C=O) groups excluding carboxylic acids is 2. The van der Waals surface area contributed by atoms with Crippen LogP contribution in [0.3, 0.4) is 0 Å². The van der Waals surface area contributed by atoms with Crippen LogP contribution in [0.2, 0.25) is 0 Å². The van der Waals surface area contributed by atoms with Gasteiger partial charge in [0.25, 0.3) is 5.56 Å². The van der Waals surface area contributed by atoms with Crippen LogP contribution in [0.4, 0.5) is 10.5 Å². The van der Waals surface area contributed by atoms with Gasteiger partial charge in [0.15, 0.2) is 0 Å². The summed E-state index contributed by atoms with van der Waals surface area (Å²) in [6.07, 6.45) is 1.26. The molecule has 0 fully saturated rings. The third kappa shape index (κ3) is 5.91. The van der Waals surface area contributed by atoms with Crippen LogP contribution in [0.1, 0.15) is 67.0 Å². The van der Waals surface area contributed by atoms with E-state index in [1.165, 1.54) is 0 Å². The number of nitrogens with one attached hydrogen (secondary N) is 1. The normalized spacial score (nSPS) is 11.7. The molecule has 1 atom stereocenters. The van der Waals surface area contributed by atoms with Crippen molar-refractivity contribution in [2.45, 2.75) is 53.5 Å². The molecule has 208 valence electrons. The number of fused-ring (bicyclic) bond motifs is 1. The van der Waals surface area contributed by atoms with Crippen molar-refractivity contribution in [3.63, 3.8) is 0 Å². The second kappa shape index (κ2) is 12.6. The zero-order valence-corrected chi connectivity index (χ0v) is 23.7. The fourth-order valence-electron chi connectivity index (χ4n) is 4.94. The summed E-state index contributed by atoms with van der Waals surface area (Å²) in [5.74, 6) is 0.102. The van der Waals surface area contributed by atoms with E-state index in [0.717, 1.165) is 16.8 Å². The Labute approximate surface area is 234 Å². The van der Waals surface area contributed by atoms with Crippen LogP contribution in [0, 0.1) is 13.8 Å². The lowest BCUT2D eigenvalue weighted by Gasteiger charge is -2.32. The van der Waals surface area contributed by atoms with Crippen LogP contribution in [-0.4, -0.2) is 39.6 Å². The molecule has 0 saturated heterocycles. The maximum Gasteiger partial charge on any atom is 0.338 e. The fraction of sp³-hybridized carbons (Fsp3) is 0.312. The molecule has 8 heteroatoms. The van der Waals surface area contributed by atoms with Crippen molar-refractivity contribution in [1.29, 1.82) is 0 Å². The number of anilines is 1. The highest BCUT2D eigenvalue weighted by molar-refractivity contribution is 5.92. The summed E-state index contributed by atoms with van der Waals surface area (Å²) < 4.78 is 6.71. The Bertz CT molecular complexity index is 1580. The number of urea groups is 1. The molecular formula is C32H36N4O4. The largest absolute Gasteiger partial charge is 0.462 e. The van der Waals surface area contributed by atoms with Gasteiger partial charge >= 0.3 is 12.0 Å². The molecule has 0 spiro atoms. The molecule has 3 aromatic carbocycles. The van der Waals surface area contributed by atoms with Gasteiger partial charge < -0.3 is 15.0 Å². The standard InChI is InChI=1S/C32H36N4O4/c1-6-19-35(32(39)33-24-16-14-23(15-17-24)31(38)40-8-3)27(7-2)29-34-26-12-10-9-11-25(26)30(37)36(29)28-18-13-21(4)20-22(28)5/h9-18,20,27H,6-8,19H2,1-5H3,(H,33,39). The lowest BCUT2D eigenvalue weighted by molar-refractivity contribution is 0.0526. The van der Waals surface area contributed by atoms with Gasteiger partial charge in [0, 0.05) is 12.2 Å². The summed E-state index contributed by atoms with van der Waals surface area (Å²) >= 11 is 0. The molecule has 0 saturated carbocycles. The summed E-state index contributed by atoms with van der Waals surface area (Å²) in [5, 5.41) is 3.48. The lowest BCUT2D eigenvalue weighted by Crippen LogP contribution is -2.41. The highest BCUT2D eigenvalue weighted by atomic mass is 16.5. The van der Waals surface area contributed by atoms with Gasteiger partial charge in [-0.25, -0.2) is 14.6 Å². The minimum atomic E-state index is -0.475. The molecular weight excluding hydrogens is 504 g/mol. The molecule has 0 aliphatic heterocycles. The summed E-state index contributed by atoms with van der Waals surface area (Å²) in [4.78, 5) is 46.4. The number of amides is 2. The van der Waals surface area contributed by atoms with Gasteiger partial charge in [0.1, 0.15) is 5.82 Å². The molecule has 1 aromatic heterocycles. The number of hydrogen-bond donors (Lipinski definition) is 1. The van der Waals surface area contributed by atoms with E-state index in [1.54, 1.807) is 46.7 Å². The number of hydrogen-bond acceptors (Lipinski definition) is 5. The average molecular weight is 541 g/mol. The quantitative estimate of drug-likeness (QED) is 0.242. The highest BCUT2D eigenvalue weighted by Gasteiger charge is 2.29. The summed E-state index contributed by atoms with van der Waals surface area (Å²) in [5.41, 5.74) is 4.17. The van der Waals surface area contributed by atoms with Gasteiger partial charge in [0.05, 0.1) is 34.8 Å². The average Bonchev–Trinajstić information content (AvgIpc) is 2.94. The van der Waals surface area contributed by atoms with E-state index in [0.29, 0.717) is 47.4 Å². The third-order valence-electron chi connectivity index (χ3n) is 6.83. The minimum absolute atomic E-state index is 0.169. The Morgan fingerprint density at radius 1 is 1.00 bits per heavy atom. The number of carbonyl (C=O) groups is 2. The molecule has 1 N–H and O–H groups in total. The van der Waals surface area contributed by atoms with Crippen molar-refractivity contribution in [3.8, 4) is 5.69 Å². The van der Waals surface area contributed by atoms with Crippen LogP contribution in [-0.2, 0) is 4.74 Å². The van der Waals surface area contributed by atoms with Crippen molar-refractivity contribution in [3.05, 3.63) is 99.6 Å². The Hall–Kier alpha value is -4.46. The predicted octanol–water partition coefficient (Wildman–Crippen LogP) is 6.57. The van der Waals surface area contributed by atoms with Crippen molar-refractivity contribution in [2.24, 2.45) is 0 Å². The molecule has 0 aliphatic rings. The van der Waals surface area contributed by atoms with E-state index in [2.05, 4.69) is 5.32 Å². The van der Waals surface area contributed by atoms with Gasteiger partial charge in [-0.3, -0.25) is 9.36 Å². The number of para-hydroxylation sites is 1. The van der Waals surface area contributed by atoms with Gasteiger partial charge in [-0.15, -0.1) is 0 Å².